The van der Waals surface area contributed by atoms with Gasteiger partial charge in [-0.1, -0.05) is 51.7 Å². The van der Waals surface area contributed by atoms with Gasteiger partial charge in [-0.2, -0.15) is 0 Å². The number of esters is 2. The molecule has 2 bridgehead atoms. The third kappa shape index (κ3) is 6.39. The van der Waals surface area contributed by atoms with Crippen LogP contribution in [0, 0.1) is 34.5 Å². The van der Waals surface area contributed by atoms with Crippen LogP contribution in [0.1, 0.15) is 128 Å². The Kier molecular flexibility index (Phi) is 10.1. The van der Waals surface area contributed by atoms with Crippen molar-refractivity contribution < 1.29 is 43.2 Å². The summed E-state index contributed by atoms with van der Waals surface area (Å²) in [6.07, 6.45) is 15.4. The molecule has 1 N–H and O–H groups in total. The molecule has 1 spiro atoms. The minimum atomic E-state index is -0.731. The van der Waals surface area contributed by atoms with Crippen LogP contribution in [-0.4, -0.2) is 54.5 Å². The number of carbonyl (C=O) groups excluding carboxylic acids is 2. The number of carbonyl (C=O) groups is 3. The minimum Gasteiger partial charge on any atom is -0.497 e. The zero-order chi connectivity index (χ0) is 35.1. The molecule has 9 nitrogen and oxygen atoms in total. The van der Waals surface area contributed by atoms with E-state index < -0.39 is 12.3 Å². The molecule has 4 aliphatic carbocycles. The van der Waals surface area contributed by atoms with Crippen LogP contribution in [0.3, 0.4) is 0 Å². The number of carboxylic acids is 1. The molecule has 9 heteroatoms. The lowest BCUT2D eigenvalue weighted by atomic mass is 9.43. The molecule has 5 fully saturated rings. The van der Waals surface area contributed by atoms with Crippen molar-refractivity contribution in [1.29, 1.82) is 0 Å². The van der Waals surface area contributed by atoms with Gasteiger partial charge in [0.15, 0.2) is 6.29 Å². The molecule has 0 radical (unpaired) electrons. The Balaban J connectivity index is 1.03. The molecule has 0 amide bonds. The fraction of sp³-hybridized carbons (Fsp3) is 0.732. The zero-order valence-corrected chi connectivity index (χ0v) is 30.2. The van der Waals surface area contributed by atoms with E-state index >= 15 is 0 Å². The van der Waals surface area contributed by atoms with E-state index in [1.54, 1.807) is 13.2 Å². The van der Waals surface area contributed by atoms with E-state index in [-0.39, 0.29) is 52.9 Å². The van der Waals surface area contributed by atoms with Gasteiger partial charge < -0.3 is 28.8 Å². The summed E-state index contributed by atoms with van der Waals surface area (Å²) >= 11 is 0. The quantitative estimate of drug-likeness (QED) is 0.162. The predicted molar refractivity (Wildman–Crippen MR) is 185 cm³/mol. The first-order chi connectivity index (χ1) is 24.1. The van der Waals surface area contributed by atoms with Gasteiger partial charge in [0.25, 0.3) is 0 Å². The van der Waals surface area contributed by atoms with Gasteiger partial charge in [-0.3, -0.25) is 9.59 Å². The minimum absolute atomic E-state index is 0.00831. The molecule has 4 saturated carbocycles. The molecular weight excluding hydrogens is 636 g/mol. The lowest BCUT2D eigenvalue weighted by molar-refractivity contribution is -0.319. The monoisotopic (exact) mass is 692 g/mol. The van der Waals surface area contributed by atoms with Gasteiger partial charge >= 0.3 is 17.9 Å². The molecule has 1 aromatic carbocycles. The van der Waals surface area contributed by atoms with Gasteiger partial charge in [0, 0.05) is 42.2 Å². The molecule has 2 heterocycles. The molecule has 2 aliphatic heterocycles. The summed E-state index contributed by atoms with van der Waals surface area (Å²) < 4.78 is 31.2. The third-order valence-electron chi connectivity index (χ3n) is 14.2. The number of benzene rings is 1. The Morgan fingerprint density at radius 2 is 1.66 bits per heavy atom. The number of carboxylic acid groups (broad SMARTS) is 1. The molecule has 1 aromatic rings. The molecular formula is C41H56O9. The molecule has 1 unspecified atom stereocenters. The normalized spacial score (nSPS) is 38.7. The van der Waals surface area contributed by atoms with Crippen LogP contribution in [0.25, 0.3) is 0 Å². The Morgan fingerprint density at radius 1 is 0.920 bits per heavy atom. The van der Waals surface area contributed by atoms with Crippen molar-refractivity contribution in [3.63, 3.8) is 0 Å². The second kappa shape index (κ2) is 14.3. The van der Waals surface area contributed by atoms with Gasteiger partial charge in [0.2, 0.25) is 0 Å². The highest BCUT2D eigenvalue weighted by Gasteiger charge is 2.74. The molecule has 1 saturated heterocycles. The lowest BCUT2D eigenvalue weighted by Gasteiger charge is -2.65. The van der Waals surface area contributed by atoms with Crippen LogP contribution in [-0.2, 0) is 33.3 Å². The zero-order valence-electron chi connectivity index (χ0n) is 30.2. The summed E-state index contributed by atoms with van der Waals surface area (Å²) in [5.41, 5.74) is 1.63. The number of unbranched alkanes of at least 4 members (excludes halogenated alkanes) is 5. The van der Waals surface area contributed by atoms with Crippen LogP contribution in [0.4, 0.5) is 0 Å². The SMILES string of the molecule is COc1ccc(C2O[C@H]3C[C@]4(O2)[C@@H]2CC[C@@H]5C[C@@H](OC(=O)CCCCCCCCC(=O)O)CC[C@]5(C)[C@H]2CC[C@]4(C)[C@H]3C2=CC(=O)OC2)cc1. The van der Waals surface area contributed by atoms with Gasteiger partial charge in [0.1, 0.15) is 18.5 Å². The molecule has 274 valence electrons. The summed E-state index contributed by atoms with van der Waals surface area (Å²) in [7, 11) is 1.67. The summed E-state index contributed by atoms with van der Waals surface area (Å²) in [4.78, 5) is 35.9. The topological polar surface area (TPSA) is 118 Å². The highest BCUT2D eigenvalue weighted by atomic mass is 16.7. The first kappa shape index (κ1) is 35.5. The molecule has 0 aromatic heterocycles. The summed E-state index contributed by atoms with van der Waals surface area (Å²) in [5, 5.41) is 8.78. The number of ether oxygens (including phenoxy) is 5. The highest BCUT2D eigenvalue weighted by Crippen LogP contribution is 2.73. The standard InChI is InChI=1S/C41H56O9/c1-39-20-18-30(48-35(44)11-9-7-5-4-6-8-10-34(42)43)23-28(39)14-17-32-31(39)19-21-40(2)37(27-22-36(45)47-25-27)33-24-41(32,40)50-38(49-33)26-12-15-29(46-3)16-13-26/h12-13,15-16,22,28,30-33,37-38H,4-11,14,17-21,23-25H2,1-3H3,(H,42,43)/t28-,30+,31+,32-,33+,37+,38?,39+,40-,41+/m1/s1. The number of methoxy groups -OCH3 is 1. The van der Waals surface area contributed by atoms with Crippen LogP contribution >= 0.6 is 0 Å². The second-order valence-corrected chi connectivity index (χ2v) is 16.6. The van der Waals surface area contributed by atoms with Crippen molar-refractivity contribution in [3.05, 3.63) is 41.5 Å². The largest absolute Gasteiger partial charge is 0.497 e. The number of hydrogen-bond acceptors (Lipinski definition) is 8. The van der Waals surface area contributed by atoms with E-state index in [2.05, 4.69) is 13.8 Å². The van der Waals surface area contributed by atoms with Crippen molar-refractivity contribution in [2.24, 2.45) is 34.5 Å². The van der Waals surface area contributed by atoms with Crippen molar-refractivity contribution in [3.8, 4) is 5.75 Å². The number of fused-ring (bicyclic) bond motifs is 4. The first-order valence-electron chi connectivity index (χ1n) is 19.3. The summed E-state index contributed by atoms with van der Waals surface area (Å²) in [6.45, 7) is 5.25. The van der Waals surface area contributed by atoms with Crippen LogP contribution in [0.5, 0.6) is 5.75 Å². The highest BCUT2D eigenvalue weighted by molar-refractivity contribution is 5.85. The average Bonchev–Trinajstić information content (AvgIpc) is 3.60. The van der Waals surface area contributed by atoms with E-state index in [9.17, 15) is 14.4 Å². The number of rotatable bonds is 13. The van der Waals surface area contributed by atoms with E-state index in [1.807, 2.05) is 24.3 Å². The van der Waals surface area contributed by atoms with Gasteiger partial charge in [0.05, 0.1) is 18.8 Å². The Labute approximate surface area is 296 Å². The van der Waals surface area contributed by atoms with Crippen LogP contribution in [0.2, 0.25) is 0 Å². The molecule has 50 heavy (non-hydrogen) atoms. The Hall–Kier alpha value is -2.91. The number of hydrogen-bond donors (Lipinski definition) is 1. The molecule has 7 rings (SSSR count). The lowest BCUT2D eigenvalue weighted by Crippen LogP contribution is -2.63. The maximum atomic E-state index is 12.9. The van der Waals surface area contributed by atoms with Gasteiger partial charge in [-0.05, 0) is 98.7 Å². The van der Waals surface area contributed by atoms with E-state index in [0.717, 1.165) is 107 Å². The van der Waals surface area contributed by atoms with Gasteiger partial charge in [-0.15, -0.1) is 0 Å². The Bertz CT molecular complexity index is 1450. The van der Waals surface area contributed by atoms with Crippen LogP contribution in [0.15, 0.2) is 35.9 Å². The average molecular weight is 693 g/mol. The molecule has 6 aliphatic rings. The van der Waals surface area contributed by atoms with Crippen molar-refractivity contribution in [1.82, 2.24) is 0 Å². The van der Waals surface area contributed by atoms with Crippen LogP contribution < -0.4 is 4.74 Å². The third-order valence-corrected chi connectivity index (χ3v) is 14.2. The van der Waals surface area contributed by atoms with Gasteiger partial charge in [-0.25, -0.2) is 4.79 Å². The summed E-state index contributed by atoms with van der Waals surface area (Å²) in [6, 6.07) is 8.02. The maximum Gasteiger partial charge on any atom is 0.331 e. The smallest absolute Gasteiger partial charge is 0.331 e. The first-order valence-corrected chi connectivity index (χ1v) is 19.3. The van der Waals surface area contributed by atoms with E-state index in [0.29, 0.717) is 30.8 Å². The summed E-state index contributed by atoms with van der Waals surface area (Å²) in [5.74, 6) is 1.20. The maximum absolute atomic E-state index is 12.9. The van der Waals surface area contributed by atoms with Crippen molar-refractivity contribution in [2.75, 3.05) is 13.7 Å². The fourth-order valence-corrected chi connectivity index (χ4v) is 11.7. The van der Waals surface area contributed by atoms with Crippen molar-refractivity contribution in [2.45, 2.75) is 141 Å². The number of cyclic esters (lactones) is 1. The predicted octanol–water partition coefficient (Wildman–Crippen LogP) is 8.10. The fourth-order valence-electron chi connectivity index (χ4n) is 11.7. The molecule has 10 atom stereocenters. The second-order valence-electron chi connectivity index (χ2n) is 16.6. The van der Waals surface area contributed by atoms with E-state index in [4.69, 9.17) is 28.8 Å². The van der Waals surface area contributed by atoms with E-state index in [1.165, 1.54) is 0 Å². The number of aliphatic carboxylic acids is 1. The van der Waals surface area contributed by atoms with Crippen molar-refractivity contribution >= 4 is 17.9 Å². The Morgan fingerprint density at radius 3 is 2.36 bits per heavy atom.